The molecular formula is C12H18N8O13P3-. The smallest absolute Gasteiger partial charge is 0.487 e. The van der Waals surface area contributed by atoms with E-state index < -0.39 is 54.7 Å². The van der Waals surface area contributed by atoms with E-state index in [0.717, 1.165) is 0 Å². The van der Waals surface area contributed by atoms with E-state index in [0.29, 0.717) is 0 Å². The Morgan fingerprint density at radius 3 is 2.69 bits per heavy atom. The van der Waals surface area contributed by atoms with Crippen molar-refractivity contribution < 1.29 is 61.0 Å². The molecule has 0 amide bonds. The van der Waals surface area contributed by atoms with Crippen molar-refractivity contribution in [3.8, 4) is 5.88 Å². The molecule has 1 aliphatic heterocycles. The van der Waals surface area contributed by atoms with Crippen molar-refractivity contribution in [1.29, 1.82) is 0 Å². The van der Waals surface area contributed by atoms with Crippen LogP contribution in [0.3, 0.4) is 0 Å². The fourth-order valence-electron chi connectivity index (χ4n) is 2.96. The van der Waals surface area contributed by atoms with Gasteiger partial charge in [-0.25, -0.2) is 18.4 Å². The van der Waals surface area contributed by atoms with E-state index in [4.69, 9.17) is 35.4 Å². The van der Waals surface area contributed by atoms with E-state index in [-0.39, 0.29) is 29.4 Å². The quantitative estimate of drug-likeness (QED) is 0.100. The SMILES string of the molecule is CC(N=[N+]=[N-])Oc1nc(N)nc2c1ncn2[C@H]1CC(O)[C@@H](COP(=O)([O-])OP(=O)(O)OP(=O)(O)O)O1. The van der Waals surface area contributed by atoms with Crippen molar-refractivity contribution in [2.75, 3.05) is 12.3 Å². The first-order valence-electron chi connectivity index (χ1n) is 9.40. The first kappa shape index (κ1) is 28.4. The number of azide groups is 1. The highest BCUT2D eigenvalue weighted by atomic mass is 31.3. The van der Waals surface area contributed by atoms with Gasteiger partial charge in [-0.05, 0) is 12.5 Å². The van der Waals surface area contributed by atoms with Crippen LogP contribution < -0.4 is 15.4 Å². The van der Waals surface area contributed by atoms with Gasteiger partial charge >= 0.3 is 15.6 Å². The molecule has 36 heavy (non-hydrogen) atoms. The Morgan fingerprint density at radius 1 is 1.36 bits per heavy atom. The molecule has 3 rings (SSSR count). The van der Waals surface area contributed by atoms with Crippen molar-refractivity contribution in [3.63, 3.8) is 0 Å². The van der Waals surface area contributed by atoms with Gasteiger partial charge in [0.05, 0.1) is 19.0 Å². The molecule has 0 saturated carbocycles. The third kappa shape index (κ3) is 7.41. The van der Waals surface area contributed by atoms with Gasteiger partial charge in [0.2, 0.25) is 11.8 Å². The van der Waals surface area contributed by atoms with Crippen LogP contribution in [0.4, 0.5) is 5.95 Å². The fourth-order valence-corrected chi connectivity index (χ4v) is 5.95. The van der Waals surface area contributed by atoms with Crippen molar-refractivity contribution in [3.05, 3.63) is 16.8 Å². The first-order valence-corrected chi connectivity index (χ1v) is 13.9. The average Bonchev–Trinajstić information content (AvgIpc) is 3.27. The number of ether oxygens (including phenoxy) is 2. The first-order chi connectivity index (χ1) is 16.6. The molecule has 21 nitrogen and oxygen atoms in total. The lowest BCUT2D eigenvalue weighted by Crippen LogP contribution is -2.27. The van der Waals surface area contributed by atoms with Gasteiger partial charge in [-0.15, -0.1) is 0 Å². The minimum atomic E-state index is -5.76. The molecule has 1 aliphatic rings. The Hall–Kier alpha value is -2.21. The summed E-state index contributed by atoms with van der Waals surface area (Å²) in [7, 11) is -17.0. The van der Waals surface area contributed by atoms with E-state index in [9.17, 15) is 23.7 Å². The van der Waals surface area contributed by atoms with Crippen LogP contribution in [0.2, 0.25) is 0 Å². The number of fused-ring (bicyclic) bond motifs is 1. The zero-order valence-electron chi connectivity index (χ0n) is 17.8. The normalized spacial score (nSPS) is 24.6. The Kier molecular flexibility index (Phi) is 8.39. The van der Waals surface area contributed by atoms with Crippen LogP contribution in [0.25, 0.3) is 21.6 Å². The summed E-state index contributed by atoms with van der Waals surface area (Å²) in [6.45, 7) is 0.518. The Bertz CT molecular complexity index is 1310. The maximum Gasteiger partial charge on any atom is 0.487 e. The summed E-state index contributed by atoms with van der Waals surface area (Å²) < 4.78 is 57.6. The van der Waals surface area contributed by atoms with Crippen molar-refractivity contribution >= 4 is 40.6 Å². The van der Waals surface area contributed by atoms with E-state index in [1.807, 2.05) is 0 Å². The second-order valence-electron chi connectivity index (χ2n) is 6.93. The van der Waals surface area contributed by atoms with Gasteiger partial charge in [-0.1, -0.05) is 5.11 Å². The average molecular weight is 575 g/mol. The summed E-state index contributed by atoms with van der Waals surface area (Å²) in [5.41, 5.74) is 14.4. The second-order valence-corrected chi connectivity index (χ2v) is 11.3. The number of nitrogens with two attached hydrogens (primary N) is 1. The Labute approximate surface area is 199 Å². The molecule has 2 aromatic heterocycles. The van der Waals surface area contributed by atoms with E-state index in [2.05, 4.69) is 38.1 Å². The maximum atomic E-state index is 11.8. The molecule has 2 aromatic rings. The zero-order valence-corrected chi connectivity index (χ0v) is 20.5. The Morgan fingerprint density at radius 2 is 2.06 bits per heavy atom. The molecule has 6 atom stereocenters. The number of nitrogens with zero attached hydrogens (tertiary/aromatic N) is 7. The number of hydrogen-bond acceptors (Lipinski definition) is 15. The van der Waals surface area contributed by atoms with Crippen LogP contribution in [-0.4, -0.2) is 64.3 Å². The van der Waals surface area contributed by atoms with Crippen molar-refractivity contribution in [2.45, 2.75) is 38.0 Å². The molecule has 0 spiro atoms. The van der Waals surface area contributed by atoms with Crippen molar-refractivity contribution in [2.24, 2.45) is 5.11 Å². The van der Waals surface area contributed by atoms with Crippen molar-refractivity contribution in [1.82, 2.24) is 19.5 Å². The molecular weight excluding hydrogens is 557 g/mol. The predicted octanol–water partition coefficient (Wildman–Crippen LogP) is -0.197. The van der Waals surface area contributed by atoms with Crippen LogP contribution >= 0.6 is 23.5 Å². The highest BCUT2D eigenvalue weighted by Gasteiger charge is 2.40. The van der Waals surface area contributed by atoms with Gasteiger partial charge in [0.1, 0.15) is 12.3 Å². The summed E-state index contributed by atoms with van der Waals surface area (Å²) in [4.78, 5) is 52.6. The zero-order chi connectivity index (χ0) is 26.9. The van der Waals surface area contributed by atoms with E-state index in [1.54, 1.807) is 0 Å². The highest BCUT2D eigenvalue weighted by molar-refractivity contribution is 7.66. The molecule has 0 bridgehead atoms. The summed E-state index contributed by atoms with van der Waals surface area (Å²) in [5, 5.41) is 13.6. The number of phosphoric acid groups is 3. The minimum Gasteiger partial charge on any atom is -0.756 e. The third-order valence-corrected chi connectivity index (χ3v) is 7.99. The highest BCUT2D eigenvalue weighted by Crippen LogP contribution is 2.65. The molecule has 0 aromatic carbocycles. The van der Waals surface area contributed by atoms with Crippen LogP contribution in [0.5, 0.6) is 5.88 Å². The number of aliphatic hydroxyl groups is 1. The monoisotopic (exact) mass is 575 g/mol. The summed E-state index contributed by atoms with van der Waals surface area (Å²) in [5.74, 6) is -0.341. The molecule has 0 radical (unpaired) electrons. The van der Waals surface area contributed by atoms with Crippen LogP contribution in [0.1, 0.15) is 19.6 Å². The molecule has 0 aliphatic carbocycles. The van der Waals surface area contributed by atoms with Crippen LogP contribution in [0.15, 0.2) is 11.4 Å². The van der Waals surface area contributed by atoms with Gasteiger partial charge in [-0.3, -0.25) is 9.13 Å². The number of aliphatic hydroxyl groups excluding tert-OH is 1. The topological polar surface area (TPSA) is 320 Å². The van der Waals surface area contributed by atoms with Gasteiger partial charge < -0.3 is 44.4 Å². The number of aromatic nitrogens is 4. The maximum absolute atomic E-state index is 11.8. The number of hydrogen-bond donors (Lipinski definition) is 5. The molecule has 3 heterocycles. The number of rotatable bonds is 11. The second kappa shape index (κ2) is 10.6. The standard InChI is InChI=1S/C12H19N8O13P3/c1-5(18-19-14)30-11-9-10(16-12(13)17-11)20(4-15-9)8-2-6(21)7(31-8)3-29-35(25,26)33-36(27,28)32-34(22,23)24/h4-8,21H,2-3H2,1H3,(H,25,26)(H,27,28)(H2,13,16,17)(H2,22,23,24)/p-1/t5?,6?,7-,8-/m1/s1. The minimum absolute atomic E-state index is 0.0954. The van der Waals surface area contributed by atoms with E-state index in [1.165, 1.54) is 17.8 Å². The predicted molar refractivity (Wildman–Crippen MR) is 111 cm³/mol. The lowest BCUT2D eigenvalue weighted by molar-refractivity contribution is -0.221. The lowest BCUT2D eigenvalue weighted by Gasteiger charge is -2.26. The number of anilines is 1. The van der Waals surface area contributed by atoms with E-state index >= 15 is 0 Å². The fraction of sp³-hybridized carbons (Fsp3) is 0.583. The number of imidazole rings is 1. The number of phosphoric ester groups is 1. The summed E-state index contributed by atoms with van der Waals surface area (Å²) >= 11 is 0. The summed E-state index contributed by atoms with van der Waals surface area (Å²) in [6.07, 6.45) is -3.47. The molecule has 1 fully saturated rings. The molecule has 1 saturated heterocycles. The van der Waals surface area contributed by atoms with Gasteiger partial charge in [0.25, 0.3) is 7.82 Å². The number of nitrogen functional groups attached to an aromatic ring is 1. The van der Waals surface area contributed by atoms with Gasteiger partial charge in [-0.2, -0.15) is 14.3 Å². The molecule has 200 valence electrons. The lowest BCUT2D eigenvalue weighted by atomic mass is 10.2. The third-order valence-electron chi connectivity index (χ3n) is 4.23. The molecule has 6 N–H and O–H groups in total. The Balaban J connectivity index is 1.71. The molecule has 4 unspecified atom stereocenters. The molecule has 24 heteroatoms. The van der Waals surface area contributed by atoms with Crippen LogP contribution in [-0.2, 0) is 31.6 Å². The van der Waals surface area contributed by atoms with Crippen LogP contribution in [0, 0.1) is 0 Å². The largest absolute Gasteiger partial charge is 0.756 e. The van der Waals surface area contributed by atoms with Gasteiger partial charge in [0, 0.05) is 11.3 Å². The summed E-state index contributed by atoms with van der Waals surface area (Å²) in [6, 6.07) is 0. The van der Waals surface area contributed by atoms with Gasteiger partial charge in [0.15, 0.2) is 17.4 Å².